The Morgan fingerprint density at radius 1 is 1.06 bits per heavy atom. The molecule has 1 aliphatic heterocycles. The minimum atomic E-state index is -0.451. The van der Waals surface area contributed by atoms with E-state index < -0.39 is 11.2 Å². The number of anilines is 2. The molecule has 0 unspecified atom stereocenters. The fourth-order valence-corrected chi connectivity index (χ4v) is 3.98. The molecule has 0 radical (unpaired) electrons. The molecule has 3 heterocycles. The Labute approximate surface area is 179 Å². The average molecular weight is 419 g/mol. The van der Waals surface area contributed by atoms with Crippen molar-refractivity contribution in [1.82, 2.24) is 14.1 Å². The number of piperidine rings is 1. The Balaban J connectivity index is 1.61. The van der Waals surface area contributed by atoms with E-state index in [0.717, 1.165) is 34.1 Å². The molecule has 1 aliphatic rings. The van der Waals surface area contributed by atoms with E-state index in [9.17, 15) is 14.4 Å². The van der Waals surface area contributed by atoms with E-state index >= 15 is 0 Å². The van der Waals surface area contributed by atoms with Crippen molar-refractivity contribution in [2.75, 3.05) is 23.3 Å². The quantitative estimate of drug-likeness (QED) is 0.656. The summed E-state index contributed by atoms with van der Waals surface area (Å²) in [6.45, 7) is 2.06. The van der Waals surface area contributed by atoms with Gasteiger partial charge in [0, 0.05) is 68.3 Å². The third-order valence-corrected chi connectivity index (χ3v) is 5.64. The molecule has 2 aromatic heterocycles. The van der Waals surface area contributed by atoms with Crippen LogP contribution in [0.2, 0.25) is 0 Å². The average Bonchev–Trinajstić information content (AvgIpc) is 2.80. The van der Waals surface area contributed by atoms with Crippen LogP contribution in [0.1, 0.15) is 24.8 Å². The molecule has 1 amide bonds. The highest BCUT2D eigenvalue weighted by Gasteiger charge is 2.15. The van der Waals surface area contributed by atoms with Crippen molar-refractivity contribution in [3.05, 3.63) is 69.3 Å². The monoisotopic (exact) mass is 419 g/mol. The molecule has 0 aliphatic carbocycles. The summed E-state index contributed by atoms with van der Waals surface area (Å²) in [4.78, 5) is 43.2. The minimum absolute atomic E-state index is 0.256. The molecule has 31 heavy (non-hydrogen) atoms. The number of hydrogen-bond acceptors (Lipinski definition) is 5. The molecule has 8 heteroatoms. The highest BCUT2D eigenvalue weighted by Crippen LogP contribution is 2.33. The second-order valence-corrected chi connectivity index (χ2v) is 7.77. The van der Waals surface area contributed by atoms with E-state index in [-0.39, 0.29) is 11.5 Å². The van der Waals surface area contributed by atoms with Crippen LogP contribution in [-0.4, -0.2) is 33.1 Å². The lowest BCUT2D eigenvalue weighted by Crippen LogP contribution is -2.37. The van der Waals surface area contributed by atoms with Gasteiger partial charge in [0.15, 0.2) is 0 Å². The molecule has 0 bridgehead atoms. The first-order valence-corrected chi connectivity index (χ1v) is 10.3. The van der Waals surface area contributed by atoms with Gasteiger partial charge in [-0.25, -0.2) is 4.79 Å². The number of amides is 1. The van der Waals surface area contributed by atoms with Crippen molar-refractivity contribution < 1.29 is 4.79 Å². The number of aryl methyl sites for hydroxylation is 1. The predicted molar refractivity (Wildman–Crippen MR) is 122 cm³/mol. The summed E-state index contributed by atoms with van der Waals surface area (Å²) in [5.74, 6) is -0.369. The highest BCUT2D eigenvalue weighted by molar-refractivity contribution is 6.09. The number of carbonyl (C=O) groups is 1. The Hall–Kier alpha value is -3.68. The maximum Gasteiger partial charge on any atom is 0.330 e. The first-order chi connectivity index (χ1) is 15.0. The van der Waals surface area contributed by atoms with Crippen molar-refractivity contribution in [2.24, 2.45) is 14.1 Å². The molecule has 0 spiro atoms. The number of nitrogens with zero attached hydrogens (tertiary/aromatic N) is 4. The van der Waals surface area contributed by atoms with Gasteiger partial charge in [0.05, 0.1) is 11.3 Å². The van der Waals surface area contributed by atoms with Crippen LogP contribution in [0, 0.1) is 0 Å². The van der Waals surface area contributed by atoms with E-state index in [1.165, 1.54) is 49.2 Å². The number of hydrogen-bond donors (Lipinski definition) is 1. The summed E-state index contributed by atoms with van der Waals surface area (Å²) in [5.41, 5.74) is 1.20. The summed E-state index contributed by atoms with van der Waals surface area (Å²) in [7, 11) is 2.97. The van der Waals surface area contributed by atoms with Crippen LogP contribution in [-0.2, 0) is 18.9 Å². The van der Waals surface area contributed by atoms with Crippen molar-refractivity contribution >= 4 is 34.1 Å². The zero-order chi connectivity index (χ0) is 22.0. The van der Waals surface area contributed by atoms with E-state index in [4.69, 9.17) is 0 Å². The van der Waals surface area contributed by atoms with Crippen molar-refractivity contribution in [3.8, 4) is 0 Å². The van der Waals surface area contributed by atoms with E-state index in [1.54, 1.807) is 19.4 Å². The lowest BCUT2D eigenvalue weighted by Gasteiger charge is -2.30. The molecular formula is C23H25N5O3. The zero-order valence-electron chi connectivity index (χ0n) is 17.7. The van der Waals surface area contributed by atoms with Crippen LogP contribution >= 0.6 is 0 Å². The molecule has 1 aromatic carbocycles. The summed E-state index contributed by atoms with van der Waals surface area (Å²) >= 11 is 0. The van der Waals surface area contributed by atoms with E-state index in [0.29, 0.717) is 5.69 Å². The van der Waals surface area contributed by atoms with E-state index in [2.05, 4.69) is 15.2 Å². The van der Waals surface area contributed by atoms with Gasteiger partial charge in [-0.05, 0) is 43.5 Å². The summed E-state index contributed by atoms with van der Waals surface area (Å²) < 4.78 is 2.31. The normalized spacial score (nSPS) is 14.3. The van der Waals surface area contributed by atoms with Gasteiger partial charge in [0.25, 0.3) is 5.56 Å². The zero-order valence-corrected chi connectivity index (χ0v) is 17.7. The maximum absolute atomic E-state index is 12.6. The first-order valence-electron chi connectivity index (χ1n) is 10.3. The Morgan fingerprint density at radius 2 is 1.84 bits per heavy atom. The molecule has 0 atom stereocenters. The van der Waals surface area contributed by atoms with Gasteiger partial charge in [-0.15, -0.1) is 0 Å². The number of aromatic nitrogens is 3. The van der Waals surface area contributed by atoms with Crippen LogP contribution in [0.15, 0.2) is 52.5 Å². The van der Waals surface area contributed by atoms with Crippen LogP contribution in [0.4, 0.5) is 11.4 Å². The van der Waals surface area contributed by atoms with Crippen LogP contribution in [0.25, 0.3) is 16.8 Å². The number of pyridine rings is 1. The number of benzene rings is 1. The predicted octanol–water partition coefficient (Wildman–Crippen LogP) is 2.27. The summed E-state index contributed by atoms with van der Waals surface area (Å²) in [5, 5.41) is 4.80. The summed E-state index contributed by atoms with van der Waals surface area (Å²) in [6.07, 6.45) is 11.3. The van der Waals surface area contributed by atoms with Gasteiger partial charge in [-0.2, -0.15) is 0 Å². The molecule has 0 saturated carbocycles. The minimum Gasteiger partial charge on any atom is -0.371 e. The smallest absolute Gasteiger partial charge is 0.330 e. The fourth-order valence-electron chi connectivity index (χ4n) is 3.98. The largest absolute Gasteiger partial charge is 0.371 e. The maximum atomic E-state index is 12.6. The van der Waals surface area contributed by atoms with Gasteiger partial charge >= 0.3 is 5.69 Å². The molecule has 8 nitrogen and oxygen atoms in total. The van der Waals surface area contributed by atoms with Gasteiger partial charge in [-0.1, -0.05) is 0 Å². The van der Waals surface area contributed by atoms with Gasteiger partial charge in [0.2, 0.25) is 5.91 Å². The third-order valence-electron chi connectivity index (χ3n) is 5.64. The number of carbonyl (C=O) groups excluding carboxylic acids is 1. The Kier molecular flexibility index (Phi) is 5.70. The second-order valence-electron chi connectivity index (χ2n) is 7.77. The lowest BCUT2D eigenvalue weighted by molar-refractivity contribution is -0.111. The number of fused-ring (bicyclic) bond motifs is 1. The second kappa shape index (κ2) is 8.59. The molecule has 160 valence electrons. The van der Waals surface area contributed by atoms with Crippen LogP contribution in [0.5, 0.6) is 0 Å². The third kappa shape index (κ3) is 4.14. The van der Waals surface area contributed by atoms with Crippen LogP contribution < -0.4 is 21.5 Å². The highest BCUT2D eigenvalue weighted by atomic mass is 16.2. The molecule has 1 saturated heterocycles. The topological polar surface area (TPSA) is 89.2 Å². The van der Waals surface area contributed by atoms with Gasteiger partial charge in [-0.3, -0.25) is 19.1 Å². The van der Waals surface area contributed by atoms with E-state index in [1.807, 2.05) is 18.2 Å². The Bertz CT molecular complexity index is 1280. The standard InChI is InChI=1S/C23H25N5O3/c1-26-15-16(22(30)27(2)23(26)31)6-9-21(29)25-19-7-8-20(28-12-4-3-5-13-28)17-10-11-24-14-18(17)19/h6-11,14-15H,3-5,12-13H2,1-2H3,(H,25,29)/b9-6+. The molecule has 1 N–H and O–H groups in total. The van der Waals surface area contributed by atoms with Gasteiger partial charge in [0.1, 0.15) is 0 Å². The fraction of sp³-hybridized carbons (Fsp3) is 0.304. The van der Waals surface area contributed by atoms with Crippen molar-refractivity contribution in [2.45, 2.75) is 19.3 Å². The lowest BCUT2D eigenvalue weighted by atomic mass is 10.1. The van der Waals surface area contributed by atoms with Crippen LogP contribution in [0.3, 0.4) is 0 Å². The molecule has 1 fully saturated rings. The van der Waals surface area contributed by atoms with Gasteiger partial charge < -0.3 is 14.8 Å². The van der Waals surface area contributed by atoms with Crippen molar-refractivity contribution in [1.29, 1.82) is 0 Å². The number of rotatable bonds is 4. The number of nitrogens with one attached hydrogen (secondary N) is 1. The summed E-state index contributed by atoms with van der Waals surface area (Å²) in [6, 6.07) is 5.90. The Morgan fingerprint density at radius 3 is 2.61 bits per heavy atom. The first kappa shape index (κ1) is 20.6. The molecule has 4 rings (SSSR count). The molecule has 3 aromatic rings. The SMILES string of the molecule is Cn1cc(/C=C/C(=O)Nc2ccc(N3CCCCC3)c3ccncc23)c(=O)n(C)c1=O. The molecular weight excluding hydrogens is 394 g/mol. The van der Waals surface area contributed by atoms with Crippen molar-refractivity contribution in [3.63, 3.8) is 0 Å².